The summed E-state index contributed by atoms with van der Waals surface area (Å²) in [5.41, 5.74) is 3.28. The number of benzene rings is 1. The number of aliphatic hydroxyl groups is 1. The van der Waals surface area contributed by atoms with Crippen molar-refractivity contribution in [1.82, 2.24) is 4.90 Å². The normalized spacial score (nSPS) is 15.9. The first kappa shape index (κ1) is 21.4. The number of hydrogen-bond donors (Lipinski definition) is 1. The van der Waals surface area contributed by atoms with Gasteiger partial charge < -0.3 is 19.5 Å². The highest BCUT2D eigenvalue weighted by atomic mass is 16.5. The molecule has 1 atom stereocenters. The van der Waals surface area contributed by atoms with E-state index in [1.54, 1.807) is 14.2 Å². The van der Waals surface area contributed by atoms with Crippen LogP contribution in [0.1, 0.15) is 33.3 Å². The Morgan fingerprint density at radius 3 is 2.39 bits per heavy atom. The van der Waals surface area contributed by atoms with E-state index >= 15 is 0 Å². The van der Waals surface area contributed by atoms with Crippen molar-refractivity contribution in [2.45, 2.75) is 33.7 Å². The van der Waals surface area contributed by atoms with Crippen LogP contribution in [-0.4, -0.2) is 30.3 Å². The van der Waals surface area contributed by atoms with Gasteiger partial charge in [-0.1, -0.05) is 46.1 Å². The number of rotatable bonds is 6. The van der Waals surface area contributed by atoms with Crippen molar-refractivity contribution in [3.63, 3.8) is 0 Å². The second-order valence-corrected chi connectivity index (χ2v) is 7.95. The van der Waals surface area contributed by atoms with Crippen LogP contribution in [0.4, 0.5) is 0 Å². The summed E-state index contributed by atoms with van der Waals surface area (Å²) in [5, 5.41) is 9.94. The van der Waals surface area contributed by atoms with E-state index in [1.807, 2.05) is 42.6 Å². The Morgan fingerprint density at radius 1 is 1.18 bits per heavy atom. The summed E-state index contributed by atoms with van der Waals surface area (Å²) in [6.07, 6.45) is 7.90. The Balaban J connectivity index is 2.48. The predicted molar refractivity (Wildman–Crippen MR) is 116 cm³/mol. The summed E-state index contributed by atoms with van der Waals surface area (Å²) in [4.78, 5) is 2.15. The Bertz CT molecular complexity index is 853. The van der Waals surface area contributed by atoms with E-state index in [0.29, 0.717) is 17.1 Å². The largest absolute Gasteiger partial charge is 0.508 e. The number of hydrogen-bond acceptors (Lipinski definition) is 4. The molecule has 0 radical (unpaired) electrons. The maximum Gasteiger partial charge on any atom is 0.167 e. The Hall–Kier alpha value is -2.88. The van der Waals surface area contributed by atoms with E-state index in [0.717, 1.165) is 16.8 Å². The second-order valence-electron chi connectivity index (χ2n) is 7.95. The fourth-order valence-corrected chi connectivity index (χ4v) is 2.99. The number of nitrogens with zero attached hydrogens (tertiary/aromatic N) is 1. The van der Waals surface area contributed by atoms with Gasteiger partial charge in [0.2, 0.25) is 0 Å². The topological polar surface area (TPSA) is 41.9 Å². The third-order valence-corrected chi connectivity index (χ3v) is 5.08. The summed E-state index contributed by atoms with van der Waals surface area (Å²) in [7, 11) is 3.26. The average molecular weight is 382 g/mol. The lowest BCUT2D eigenvalue weighted by molar-refractivity contribution is 0.196. The first-order valence-corrected chi connectivity index (χ1v) is 9.28. The van der Waals surface area contributed by atoms with Crippen molar-refractivity contribution >= 4 is 6.08 Å². The number of ether oxygens (including phenoxy) is 2. The molecule has 0 aromatic heterocycles. The van der Waals surface area contributed by atoms with Crippen molar-refractivity contribution in [3.8, 4) is 11.5 Å². The lowest BCUT2D eigenvalue weighted by Gasteiger charge is -2.40. The van der Waals surface area contributed by atoms with Gasteiger partial charge in [0.25, 0.3) is 0 Å². The minimum absolute atomic E-state index is 0.0184. The van der Waals surface area contributed by atoms with Gasteiger partial charge in [0.05, 0.1) is 14.2 Å². The minimum atomic E-state index is 0.0184. The lowest BCUT2D eigenvalue weighted by Crippen LogP contribution is -2.39. The third-order valence-electron chi connectivity index (χ3n) is 5.08. The third kappa shape index (κ3) is 4.50. The van der Waals surface area contributed by atoms with Crippen molar-refractivity contribution in [2.24, 2.45) is 5.41 Å². The standard InChI is InChI=1S/C24H31NO3/c1-16-14-20(13-12-19-10-9-11-22(27-7)23(19)28-8)25(15-21(16)17(2)26)18(3)24(4,5)6/h9-15,18,26H,1-2H2,3-8H3/b13-12+. The van der Waals surface area contributed by atoms with Gasteiger partial charge >= 0.3 is 0 Å². The molecule has 4 nitrogen and oxygen atoms in total. The predicted octanol–water partition coefficient (Wildman–Crippen LogP) is 5.86. The molecule has 0 spiro atoms. The molecule has 0 bridgehead atoms. The van der Waals surface area contributed by atoms with Gasteiger partial charge in [0, 0.05) is 29.1 Å². The summed E-state index contributed by atoms with van der Waals surface area (Å²) in [5.74, 6) is 1.39. The fraction of sp³-hybridized carbons (Fsp3) is 0.333. The van der Waals surface area contributed by atoms with Gasteiger partial charge in [-0.15, -0.1) is 0 Å². The molecule has 0 aliphatic carbocycles. The molecule has 1 aliphatic heterocycles. The van der Waals surface area contributed by atoms with Crippen LogP contribution in [0.15, 0.2) is 72.3 Å². The zero-order chi connectivity index (χ0) is 21.1. The molecule has 1 aromatic rings. The zero-order valence-electron chi connectivity index (χ0n) is 17.7. The van der Waals surface area contributed by atoms with Crippen LogP contribution in [0.2, 0.25) is 0 Å². The molecule has 4 heteroatoms. The summed E-state index contributed by atoms with van der Waals surface area (Å²) < 4.78 is 10.9. The molecular formula is C24H31NO3. The van der Waals surface area contributed by atoms with Gasteiger partial charge in [0.15, 0.2) is 11.5 Å². The van der Waals surface area contributed by atoms with Crippen LogP contribution in [0.5, 0.6) is 11.5 Å². The highest BCUT2D eigenvalue weighted by Gasteiger charge is 2.29. The van der Waals surface area contributed by atoms with E-state index in [4.69, 9.17) is 9.47 Å². The molecule has 1 aromatic carbocycles. The van der Waals surface area contributed by atoms with Gasteiger partial charge in [-0.25, -0.2) is 0 Å². The highest BCUT2D eigenvalue weighted by molar-refractivity contribution is 5.65. The van der Waals surface area contributed by atoms with Crippen LogP contribution in [-0.2, 0) is 0 Å². The van der Waals surface area contributed by atoms with Crippen molar-refractivity contribution in [3.05, 3.63) is 77.9 Å². The molecule has 1 N–H and O–H groups in total. The van der Waals surface area contributed by atoms with E-state index in [1.165, 1.54) is 0 Å². The molecule has 0 saturated heterocycles. The maximum atomic E-state index is 9.94. The van der Waals surface area contributed by atoms with Gasteiger partial charge in [0.1, 0.15) is 5.76 Å². The van der Waals surface area contributed by atoms with Crippen molar-refractivity contribution < 1.29 is 14.6 Å². The van der Waals surface area contributed by atoms with Gasteiger partial charge in [-0.2, -0.15) is 0 Å². The van der Waals surface area contributed by atoms with Crippen molar-refractivity contribution in [1.29, 1.82) is 0 Å². The number of allylic oxidation sites excluding steroid dienone is 3. The molecular weight excluding hydrogens is 350 g/mol. The summed E-state index contributed by atoms with van der Waals surface area (Å²) in [6.45, 7) is 16.5. The summed E-state index contributed by atoms with van der Waals surface area (Å²) >= 11 is 0. The first-order chi connectivity index (χ1) is 13.1. The Morgan fingerprint density at radius 2 is 1.86 bits per heavy atom. The molecule has 1 unspecified atom stereocenters. The Labute approximate surface area is 168 Å². The van der Waals surface area contributed by atoms with Crippen molar-refractivity contribution in [2.75, 3.05) is 14.2 Å². The average Bonchev–Trinajstić information content (AvgIpc) is 2.64. The minimum Gasteiger partial charge on any atom is -0.508 e. The molecule has 1 heterocycles. The Kier molecular flexibility index (Phi) is 6.45. The molecule has 0 amide bonds. The molecule has 2 rings (SSSR count). The SMILES string of the molecule is C=C(O)C1=CN(C(C)C(C)(C)C)C(/C=C/c2cccc(OC)c2OC)=CC1=C. The highest BCUT2D eigenvalue weighted by Crippen LogP contribution is 2.35. The van der Waals surface area contributed by atoms with Gasteiger partial charge in [-0.05, 0) is 42.2 Å². The maximum absolute atomic E-state index is 9.94. The van der Waals surface area contributed by atoms with Crippen LogP contribution >= 0.6 is 0 Å². The lowest BCUT2D eigenvalue weighted by atomic mass is 9.85. The number of methoxy groups -OCH3 is 2. The summed E-state index contributed by atoms with van der Waals surface area (Å²) in [6, 6.07) is 5.95. The van der Waals surface area contributed by atoms with Crippen LogP contribution in [0.25, 0.3) is 6.08 Å². The van der Waals surface area contributed by atoms with Crippen LogP contribution in [0.3, 0.4) is 0 Å². The van der Waals surface area contributed by atoms with Gasteiger partial charge in [-0.3, -0.25) is 0 Å². The fourth-order valence-electron chi connectivity index (χ4n) is 2.99. The van der Waals surface area contributed by atoms with E-state index in [9.17, 15) is 5.11 Å². The van der Waals surface area contributed by atoms with E-state index < -0.39 is 0 Å². The van der Waals surface area contributed by atoms with Crippen LogP contribution < -0.4 is 9.47 Å². The molecule has 150 valence electrons. The molecule has 1 aliphatic rings. The number of para-hydroxylation sites is 1. The second kappa shape index (κ2) is 8.42. The quantitative estimate of drug-likeness (QED) is 0.626. The molecule has 0 fully saturated rings. The molecule has 28 heavy (non-hydrogen) atoms. The monoisotopic (exact) mass is 381 g/mol. The molecule has 0 saturated carbocycles. The number of aliphatic hydroxyl groups excluding tert-OH is 1. The smallest absolute Gasteiger partial charge is 0.167 e. The van der Waals surface area contributed by atoms with Crippen LogP contribution in [0, 0.1) is 5.41 Å². The van der Waals surface area contributed by atoms with E-state index in [-0.39, 0.29) is 17.2 Å². The zero-order valence-corrected chi connectivity index (χ0v) is 17.7. The van der Waals surface area contributed by atoms with E-state index in [2.05, 4.69) is 45.8 Å². The first-order valence-electron chi connectivity index (χ1n) is 9.28.